The Bertz CT molecular complexity index is 523. The van der Waals surface area contributed by atoms with Crippen molar-refractivity contribution in [1.29, 1.82) is 0 Å². The minimum Gasteiger partial charge on any atom is -0.380 e. The minimum absolute atomic E-state index is 0.276. The van der Waals surface area contributed by atoms with Gasteiger partial charge in [-0.2, -0.15) is 0 Å². The first-order valence-corrected chi connectivity index (χ1v) is 9.05. The van der Waals surface area contributed by atoms with Gasteiger partial charge in [0.15, 0.2) is 0 Å². The number of rotatable bonds is 11. The zero-order valence-corrected chi connectivity index (χ0v) is 13.3. The molecule has 0 spiro atoms. The summed E-state index contributed by atoms with van der Waals surface area (Å²) in [7, 11) is -3.44. The van der Waals surface area contributed by atoms with Gasteiger partial charge in [-0.3, -0.25) is 0 Å². The maximum Gasteiger partial charge on any atom is 0.242 e. The van der Waals surface area contributed by atoms with Crippen molar-refractivity contribution in [2.45, 2.75) is 37.6 Å². The first kappa shape index (κ1) is 16.5. The smallest absolute Gasteiger partial charge is 0.242 e. The Kier molecular flexibility index (Phi) is 6.22. The van der Waals surface area contributed by atoms with Gasteiger partial charge in [0.2, 0.25) is 10.0 Å². The van der Waals surface area contributed by atoms with E-state index in [9.17, 15) is 8.42 Å². The van der Waals surface area contributed by atoms with Gasteiger partial charge in [-0.25, -0.2) is 13.1 Å². The Hall–Kier alpha value is -0.890. The molecule has 1 aromatic rings. The van der Waals surface area contributed by atoms with Gasteiger partial charge in [-0.05, 0) is 37.8 Å². The van der Waals surface area contributed by atoms with Crippen LogP contribution < -0.4 is 10.0 Å². The van der Waals surface area contributed by atoms with Crippen molar-refractivity contribution >= 4 is 10.0 Å². The van der Waals surface area contributed by atoms with E-state index in [0.29, 0.717) is 25.6 Å². The number of nitrogens with one attached hydrogen (secondary N) is 3. The molecule has 0 aromatic carbocycles. The summed E-state index contributed by atoms with van der Waals surface area (Å²) in [5, 5.41) is 3.23. The average molecular weight is 315 g/mol. The third kappa shape index (κ3) is 5.78. The van der Waals surface area contributed by atoms with Gasteiger partial charge in [0, 0.05) is 31.6 Å². The lowest BCUT2D eigenvalue weighted by molar-refractivity contribution is 0.129. The normalized spacial score (nSPS) is 15.5. The number of aromatic nitrogens is 1. The van der Waals surface area contributed by atoms with Crippen LogP contribution in [0.1, 0.15) is 31.9 Å². The van der Waals surface area contributed by atoms with Crippen molar-refractivity contribution in [3.8, 4) is 0 Å². The summed E-state index contributed by atoms with van der Waals surface area (Å²) in [6.07, 6.45) is 5.05. The topological polar surface area (TPSA) is 83.2 Å². The van der Waals surface area contributed by atoms with Crippen molar-refractivity contribution in [2.75, 3.05) is 26.3 Å². The Morgan fingerprint density at radius 1 is 1.38 bits per heavy atom. The Balaban J connectivity index is 1.72. The first-order valence-electron chi connectivity index (χ1n) is 7.57. The monoisotopic (exact) mass is 315 g/mol. The van der Waals surface area contributed by atoms with Gasteiger partial charge in [0.25, 0.3) is 0 Å². The maximum atomic E-state index is 12.1. The largest absolute Gasteiger partial charge is 0.380 e. The van der Waals surface area contributed by atoms with E-state index in [1.807, 2.05) is 0 Å². The molecule has 1 heterocycles. The van der Waals surface area contributed by atoms with Crippen molar-refractivity contribution < 1.29 is 13.2 Å². The van der Waals surface area contributed by atoms with Crippen LogP contribution in [0.2, 0.25) is 0 Å². The van der Waals surface area contributed by atoms with E-state index in [4.69, 9.17) is 4.74 Å². The SMILES string of the molecule is CCCNCc1cc(S(=O)(=O)NCCOCC2CC2)c[nH]1. The van der Waals surface area contributed by atoms with E-state index in [0.717, 1.165) is 25.3 Å². The predicted molar refractivity (Wildman–Crippen MR) is 81.5 cm³/mol. The molecule has 6 nitrogen and oxygen atoms in total. The van der Waals surface area contributed by atoms with Crippen LogP contribution in [0, 0.1) is 5.92 Å². The summed E-state index contributed by atoms with van der Waals surface area (Å²) in [6.45, 7) is 5.13. The van der Waals surface area contributed by atoms with E-state index >= 15 is 0 Å². The second-order valence-corrected chi connectivity index (χ2v) is 7.22. The zero-order valence-electron chi connectivity index (χ0n) is 12.5. The van der Waals surface area contributed by atoms with E-state index in [2.05, 4.69) is 21.9 Å². The molecular weight excluding hydrogens is 290 g/mol. The molecule has 0 bridgehead atoms. The van der Waals surface area contributed by atoms with Crippen LogP contribution in [-0.2, 0) is 21.3 Å². The van der Waals surface area contributed by atoms with Gasteiger partial charge < -0.3 is 15.0 Å². The molecule has 2 rings (SSSR count). The molecule has 0 radical (unpaired) electrons. The quantitative estimate of drug-likeness (QED) is 0.536. The minimum atomic E-state index is -3.44. The molecule has 1 aliphatic rings. The van der Waals surface area contributed by atoms with Crippen LogP contribution in [0.15, 0.2) is 17.2 Å². The van der Waals surface area contributed by atoms with Crippen molar-refractivity contribution in [1.82, 2.24) is 15.0 Å². The molecule has 0 unspecified atom stereocenters. The van der Waals surface area contributed by atoms with Crippen LogP contribution in [0.5, 0.6) is 0 Å². The van der Waals surface area contributed by atoms with E-state index in [-0.39, 0.29) is 4.90 Å². The summed E-state index contributed by atoms with van der Waals surface area (Å²) in [5.74, 6) is 0.699. The molecule has 0 saturated heterocycles. The fourth-order valence-corrected chi connectivity index (χ4v) is 2.97. The second kappa shape index (κ2) is 7.93. The molecule has 21 heavy (non-hydrogen) atoms. The molecule has 1 saturated carbocycles. The average Bonchev–Trinajstić information content (AvgIpc) is 3.14. The Morgan fingerprint density at radius 3 is 2.90 bits per heavy atom. The highest BCUT2D eigenvalue weighted by molar-refractivity contribution is 7.89. The zero-order chi connectivity index (χ0) is 15.1. The number of ether oxygens (including phenoxy) is 1. The first-order chi connectivity index (χ1) is 10.1. The van der Waals surface area contributed by atoms with Gasteiger partial charge in [0.05, 0.1) is 11.5 Å². The highest BCUT2D eigenvalue weighted by Gasteiger charge is 2.21. The Labute approximate surface area is 126 Å². The predicted octanol–water partition coefficient (Wildman–Crippen LogP) is 1.22. The standard InChI is InChI=1S/C14H25N3O3S/c1-2-5-15-9-13-8-14(10-16-13)21(18,19)17-6-7-20-11-12-3-4-12/h8,10,12,15-17H,2-7,9,11H2,1H3. The molecule has 1 aliphatic carbocycles. The van der Waals surface area contributed by atoms with Crippen LogP contribution in [0.25, 0.3) is 0 Å². The van der Waals surface area contributed by atoms with Gasteiger partial charge in [0.1, 0.15) is 0 Å². The summed E-state index contributed by atoms with van der Waals surface area (Å²) in [6, 6.07) is 1.66. The number of hydrogen-bond donors (Lipinski definition) is 3. The summed E-state index contributed by atoms with van der Waals surface area (Å²) < 4.78 is 32.1. The molecule has 0 aliphatic heterocycles. The molecule has 7 heteroatoms. The van der Waals surface area contributed by atoms with Crippen molar-refractivity contribution in [2.24, 2.45) is 5.92 Å². The van der Waals surface area contributed by atoms with Crippen molar-refractivity contribution in [3.05, 3.63) is 18.0 Å². The fraction of sp³-hybridized carbons (Fsp3) is 0.714. The lowest BCUT2D eigenvalue weighted by atomic mass is 10.4. The molecule has 3 N–H and O–H groups in total. The lowest BCUT2D eigenvalue weighted by Crippen LogP contribution is -2.27. The third-order valence-corrected chi connectivity index (χ3v) is 4.80. The summed E-state index contributed by atoms with van der Waals surface area (Å²) in [5.41, 5.74) is 0.869. The van der Waals surface area contributed by atoms with Crippen LogP contribution >= 0.6 is 0 Å². The van der Waals surface area contributed by atoms with E-state index < -0.39 is 10.0 Å². The van der Waals surface area contributed by atoms with Crippen molar-refractivity contribution in [3.63, 3.8) is 0 Å². The molecule has 0 atom stereocenters. The Morgan fingerprint density at radius 2 is 2.19 bits per heavy atom. The van der Waals surface area contributed by atoms with Gasteiger partial charge in [-0.15, -0.1) is 0 Å². The molecule has 120 valence electrons. The van der Waals surface area contributed by atoms with E-state index in [1.54, 1.807) is 6.07 Å². The van der Waals surface area contributed by atoms with Crippen LogP contribution in [0.4, 0.5) is 0 Å². The number of aromatic amines is 1. The number of sulfonamides is 1. The fourth-order valence-electron chi connectivity index (χ4n) is 1.94. The second-order valence-electron chi connectivity index (χ2n) is 5.45. The summed E-state index contributed by atoms with van der Waals surface area (Å²) in [4.78, 5) is 3.26. The lowest BCUT2D eigenvalue weighted by Gasteiger charge is -2.05. The van der Waals surface area contributed by atoms with Crippen LogP contribution in [-0.4, -0.2) is 39.7 Å². The highest BCUT2D eigenvalue weighted by Crippen LogP contribution is 2.28. The third-order valence-electron chi connectivity index (χ3n) is 3.36. The van der Waals surface area contributed by atoms with E-state index in [1.165, 1.54) is 19.0 Å². The van der Waals surface area contributed by atoms with Crippen LogP contribution in [0.3, 0.4) is 0 Å². The number of H-pyrrole nitrogens is 1. The van der Waals surface area contributed by atoms with Gasteiger partial charge >= 0.3 is 0 Å². The van der Waals surface area contributed by atoms with Gasteiger partial charge in [-0.1, -0.05) is 6.92 Å². The molecular formula is C14H25N3O3S. The molecule has 0 amide bonds. The highest BCUT2D eigenvalue weighted by atomic mass is 32.2. The molecule has 1 fully saturated rings. The molecule has 1 aromatic heterocycles. The number of hydrogen-bond acceptors (Lipinski definition) is 4. The summed E-state index contributed by atoms with van der Waals surface area (Å²) >= 11 is 0. The maximum absolute atomic E-state index is 12.1.